The van der Waals surface area contributed by atoms with Crippen LogP contribution < -0.4 is 10.6 Å². The zero-order valence-corrected chi connectivity index (χ0v) is 26.3. The molecule has 0 radical (unpaired) electrons. The van der Waals surface area contributed by atoms with E-state index >= 15 is 0 Å². The van der Waals surface area contributed by atoms with E-state index < -0.39 is 17.6 Å². The molecule has 216 valence electrons. The van der Waals surface area contributed by atoms with Crippen molar-refractivity contribution in [2.75, 3.05) is 52.0 Å². The van der Waals surface area contributed by atoms with Crippen molar-refractivity contribution in [2.45, 2.75) is 118 Å². The van der Waals surface area contributed by atoms with E-state index in [2.05, 4.69) is 10.6 Å². The summed E-state index contributed by atoms with van der Waals surface area (Å²) in [6, 6.07) is 1.24. The van der Waals surface area contributed by atoms with Gasteiger partial charge in [0.1, 0.15) is 0 Å². The third-order valence-electron chi connectivity index (χ3n) is 6.61. The van der Waals surface area contributed by atoms with Crippen LogP contribution in [0.1, 0.15) is 106 Å². The van der Waals surface area contributed by atoms with E-state index in [1.54, 1.807) is 0 Å². The first-order valence-corrected chi connectivity index (χ1v) is 18.7. The summed E-state index contributed by atoms with van der Waals surface area (Å²) in [4.78, 5) is 0. The van der Waals surface area contributed by atoms with E-state index in [0.717, 1.165) is 12.3 Å². The Morgan fingerprint density at radius 2 is 0.694 bits per heavy atom. The van der Waals surface area contributed by atoms with Crippen LogP contribution in [0.5, 0.6) is 0 Å². The first-order valence-electron chi connectivity index (χ1n) is 14.8. The topological polar surface area (TPSA) is 79.4 Å². The highest BCUT2D eigenvalue weighted by atomic mass is 28.4. The van der Waals surface area contributed by atoms with Gasteiger partial charge in [0, 0.05) is 51.7 Å². The fourth-order valence-electron chi connectivity index (χ4n) is 5.03. The van der Waals surface area contributed by atoms with Crippen LogP contribution in [0.4, 0.5) is 0 Å². The maximum atomic E-state index is 5.83. The molecule has 0 heterocycles. The van der Waals surface area contributed by atoms with Gasteiger partial charge in [-0.3, -0.25) is 0 Å². The van der Waals surface area contributed by atoms with Gasteiger partial charge in [0.25, 0.3) is 0 Å². The maximum absolute atomic E-state index is 5.83. The number of hydrogen-bond acceptors (Lipinski definition) is 8. The zero-order valence-electron chi connectivity index (χ0n) is 24.3. The van der Waals surface area contributed by atoms with Gasteiger partial charge in [-0.25, -0.2) is 0 Å². The van der Waals surface area contributed by atoms with Gasteiger partial charge >= 0.3 is 17.6 Å². The zero-order chi connectivity index (χ0) is 26.5. The second-order valence-corrected chi connectivity index (χ2v) is 14.6. The molecule has 2 saturated carbocycles. The summed E-state index contributed by atoms with van der Waals surface area (Å²) in [6.45, 7) is 15.9. The van der Waals surface area contributed by atoms with Crippen molar-refractivity contribution in [1.29, 1.82) is 0 Å². The van der Waals surface area contributed by atoms with Gasteiger partial charge in [0.2, 0.25) is 0 Å². The van der Waals surface area contributed by atoms with Gasteiger partial charge in [0.15, 0.2) is 0 Å². The molecule has 0 bridgehead atoms. The largest absolute Gasteiger partial charge is 0.515 e. The van der Waals surface area contributed by atoms with Crippen LogP contribution >= 0.6 is 0 Å². The Balaban J connectivity index is 0.000000360. The molecular weight excluding hydrogens is 492 g/mol. The monoisotopic (exact) mass is 550 g/mol. The van der Waals surface area contributed by atoms with Crippen molar-refractivity contribution < 1.29 is 26.6 Å². The Morgan fingerprint density at radius 1 is 0.444 bits per heavy atom. The smallest absolute Gasteiger partial charge is 0.373 e. The van der Waals surface area contributed by atoms with E-state index in [-0.39, 0.29) is 0 Å². The molecule has 0 aliphatic heterocycles. The molecule has 0 aromatic heterocycles. The SMILES string of the molecule is CCO[Si](CNC1CCCCC1)(OCC)OCC.CCO[Si](CNC1CCCCC1)(OCC)OCC. The van der Waals surface area contributed by atoms with Crippen molar-refractivity contribution in [3.63, 3.8) is 0 Å². The molecule has 0 aromatic rings. The standard InChI is InChI=1S/2C13H29NO3Si/c2*1-4-15-18(16-5-2,17-6-3)12-14-13-10-8-7-9-11-13/h2*13-14H,4-12H2,1-3H3. The summed E-state index contributed by atoms with van der Waals surface area (Å²) in [5.74, 6) is 0. The molecule has 2 aliphatic carbocycles. The summed E-state index contributed by atoms with van der Waals surface area (Å²) in [5, 5.41) is 7.21. The molecular formula is C26H58N2O6Si2. The van der Waals surface area contributed by atoms with Crippen molar-refractivity contribution in [2.24, 2.45) is 0 Å². The predicted octanol–water partition coefficient (Wildman–Crippen LogP) is 4.99. The fourth-order valence-corrected chi connectivity index (χ4v) is 9.86. The molecule has 2 rings (SSSR count). The highest BCUT2D eigenvalue weighted by molar-refractivity contribution is 6.61. The van der Waals surface area contributed by atoms with Crippen molar-refractivity contribution in [3.8, 4) is 0 Å². The summed E-state index contributed by atoms with van der Waals surface area (Å²) in [6.07, 6.45) is 14.7. The van der Waals surface area contributed by atoms with Crippen molar-refractivity contribution in [1.82, 2.24) is 10.6 Å². The minimum Gasteiger partial charge on any atom is -0.373 e. The van der Waals surface area contributed by atoms with E-state index in [0.29, 0.717) is 51.7 Å². The Bertz CT molecular complexity index is 431. The summed E-state index contributed by atoms with van der Waals surface area (Å²) >= 11 is 0. The molecule has 8 nitrogen and oxygen atoms in total. The molecule has 2 fully saturated rings. The first-order chi connectivity index (χ1) is 17.5. The second kappa shape index (κ2) is 21.0. The first kappa shape index (κ1) is 34.1. The molecule has 0 saturated heterocycles. The lowest BCUT2D eigenvalue weighted by Crippen LogP contribution is -2.56. The lowest BCUT2D eigenvalue weighted by molar-refractivity contribution is 0.0679. The third-order valence-corrected chi connectivity index (χ3v) is 12.3. The van der Waals surface area contributed by atoms with E-state index in [9.17, 15) is 0 Å². The molecule has 10 heteroatoms. The summed E-state index contributed by atoms with van der Waals surface area (Å²) in [5.41, 5.74) is 0. The molecule has 36 heavy (non-hydrogen) atoms. The minimum absolute atomic E-state index is 0.618. The van der Waals surface area contributed by atoms with Crippen LogP contribution in [0.15, 0.2) is 0 Å². The molecule has 0 atom stereocenters. The van der Waals surface area contributed by atoms with Crippen LogP contribution in [-0.4, -0.2) is 81.7 Å². The van der Waals surface area contributed by atoms with Crippen LogP contribution in [-0.2, 0) is 26.6 Å². The minimum atomic E-state index is -2.49. The Kier molecular flexibility index (Phi) is 19.9. The second-order valence-electron chi connectivity index (χ2n) is 9.40. The predicted molar refractivity (Wildman–Crippen MR) is 151 cm³/mol. The number of nitrogens with one attached hydrogen (secondary N) is 2. The van der Waals surface area contributed by atoms with Gasteiger partial charge in [-0.2, -0.15) is 0 Å². The Morgan fingerprint density at radius 3 is 0.917 bits per heavy atom. The lowest BCUT2D eigenvalue weighted by Gasteiger charge is -2.31. The molecule has 2 aliphatic rings. The van der Waals surface area contributed by atoms with Gasteiger partial charge in [-0.15, -0.1) is 0 Å². The van der Waals surface area contributed by atoms with Crippen molar-refractivity contribution in [3.05, 3.63) is 0 Å². The molecule has 0 unspecified atom stereocenters. The lowest BCUT2D eigenvalue weighted by atomic mass is 9.96. The fraction of sp³-hybridized carbons (Fsp3) is 1.00. The van der Waals surface area contributed by atoms with Gasteiger partial charge in [-0.05, 0) is 67.2 Å². The third kappa shape index (κ3) is 13.8. The molecule has 0 amide bonds. The van der Waals surface area contributed by atoms with Gasteiger partial charge < -0.3 is 37.2 Å². The maximum Gasteiger partial charge on any atom is 0.515 e. The average molecular weight is 551 g/mol. The average Bonchev–Trinajstić information content (AvgIpc) is 2.89. The van der Waals surface area contributed by atoms with Crippen molar-refractivity contribution >= 4 is 17.6 Å². The quantitative estimate of drug-likeness (QED) is 0.231. The van der Waals surface area contributed by atoms with Crippen LogP contribution in [0, 0.1) is 0 Å². The van der Waals surface area contributed by atoms with Gasteiger partial charge in [0.05, 0.1) is 12.3 Å². The van der Waals surface area contributed by atoms with Crippen LogP contribution in [0.2, 0.25) is 0 Å². The Labute approximate surface area is 224 Å². The number of rotatable bonds is 18. The summed E-state index contributed by atoms with van der Waals surface area (Å²) < 4.78 is 35.0. The highest BCUT2D eigenvalue weighted by Gasteiger charge is 2.41. The van der Waals surface area contributed by atoms with E-state index in [1.165, 1.54) is 64.2 Å². The van der Waals surface area contributed by atoms with Crippen LogP contribution in [0.25, 0.3) is 0 Å². The molecule has 0 aromatic carbocycles. The van der Waals surface area contributed by atoms with Gasteiger partial charge in [-0.1, -0.05) is 38.5 Å². The highest BCUT2D eigenvalue weighted by Crippen LogP contribution is 2.19. The molecule has 0 spiro atoms. The number of hydrogen-bond donors (Lipinski definition) is 2. The van der Waals surface area contributed by atoms with Crippen LogP contribution in [0.3, 0.4) is 0 Å². The Hall–Kier alpha value is 0.114. The van der Waals surface area contributed by atoms with E-state index in [1.807, 2.05) is 41.5 Å². The normalized spacial score (nSPS) is 18.2. The molecule has 2 N–H and O–H groups in total. The summed E-state index contributed by atoms with van der Waals surface area (Å²) in [7, 11) is -4.98. The van der Waals surface area contributed by atoms with E-state index in [4.69, 9.17) is 26.6 Å².